The highest BCUT2D eigenvalue weighted by atomic mass is 32.2. The quantitative estimate of drug-likeness (QED) is 0.640. The van der Waals surface area contributed by atoms with E-state index in [1.165, 1.54) is 0 Å². The number of fused-ring (bicyclic) bond motifs is 1. The van der Waals surface area contributed by atoms with Crippen LogP contribution in [0, 0.1) is 34.4 Å². The van der Waals surface area contributed by atoms with Crippen molar-refractivity contribution in [3.8, 4) is 12.1 Å². The number of halogens is 2. The molecule has 3 rings (SSSR count). The van der Waals surface area contributed by atoms with Crippen LogP contribution < -0.4 is 16.0 Å². The van der Waals surface area contributed by atoms with Gasteiger partial charge in [0.1, 0.15) is 24.6 Å². The zero-order chi connectivity index (χ0) is 21.1. The summed E-state index contributed by atoms with van der Waals surface area (Å²) < 4.78 is 28.9. The zero-order valence-electron chi connectivity index (χ0n) is 15.4. The molecule has 29 heavy (non-hydrogen) atoms. The summed E-state index contributed by atoms with van der Waals surface area (Å²) in [6.45, 7) is 1.65. The van der Waals surface area contributed by atoms with Gasteiger partial charge in [0.15, 0.2) is 0 Å². The van der Waals surface area contributed by atoms with Gasteiger partial charge in [-0.05, 0) is 37.4 Å². The van der Waals surface area contributed by atoms with E-state index in [0.717, 1.165) is 28.4 Å². The molecular formula is C18H18F2N6O2S. The van der Waals surface area contributed by atoms with E-state index >= 15 is 0 Å². The van der Waals surface area contributed by atoms with Crippen LogP contribution in [0.15, 0.2) is 17.0 Å². The van der Waals surface area contributed by atoms with Crippen molar-refractivity contribution in [3.05, 3.63) is 23.5 Å². The van der Waals surface area contributed by atoms with Crippen LogP contribution in [0.3, 0.4) is 0 Å². The van der Waals surface area contributed by atoms with Crippen molar-refractivity contribution in [2.75, 3.05) is 18.4 Å². The number of alkyl halides is 1. The first-order chi connectivity index (χ1) is 13.8. The van der Waals surface area contributed by atoms with Crippen LogP contribution >= 0.6 is 11.9 Å². The van der Waals surface area contributed by atoms with Crippen molar-refractivity contribution < 1.29 is 18.4 Å². The molecule has 4 atom stereocenters. The number of anilines is 1. The number of urea groups is 1. The fraction of sp³-hybridized carbons (Fsp3) is 0.444. The van der Waals surface area contributed by atoms with Crippen LogP contribution in [0.2, 0.25) is 0 Å². The molecule has 11 heteroatoms. The molecule has 3 N–H and O–H groups in total. The van der Waals surface area contributed by atoms with Gasteiger partial charge in [-0.15, -0.1) is 0 Å². The molecule has 8 nitrogen and oxygen atoms in total. The minimum absolute atomic E-state index is 0.0440. The zero-order valence-corrected chi connectivity index (χ0v) is 16.2. The molecule has 2 aliphatic heterocycles. The summed E-state index contributed by atoms with van der Waals surface area (Å²) in [7, 11) is 0. The molecule has 152 valence electrons. The van der Waals surface area contributed by atoms with E-state index in [4.69, 9.17) is 5.26 Å². The molecule has 1 fully saturated rings. The second-order valence-electron chi connectivity index (χ2n) is 6.87. The number of nitriles is 2. The van der Waals surface area contributed by atoms with Gasteiger partial charge in [0.05, 0.1) is 34.2 Å². The molecule has 1 aromatic carbocycles. The summed E-state index contributed by atoms with van der Waals surface area (Å²) in [4.78, 5) is 24.9. The Morgan fingerprint density at radius 1 is 1.48 bits per heavy atom. The summed E-state index contributed by atoms with van der Waals surface area (Å²) in [5.74, 6) is -1.57. The SMILES string of the molecule is C[C@H](NC(=O)CN1Sc2c(C#N)cc(F)cc2NC1=O)C1NCC(C#N)CC1F. The van der Waals surface area contributed by atoms with Crippen LogP contribution in [-0.4, -0.2) is 47.6 Å². The molecule has 1 saturated heterocycles. The Labute approximate surface area is 170 Å². The maximum atomic E-state index is 14.3. The van der Waals surface area contributed by atoms with Gasteiger partial charge >= 0.3 is 6.03 Å². The van der Waals surface area contributed by atoms with Crippen LogP contribution in [0.1, 0.15) is 18.9 Å². The van der Waals surface area contributed by atoms with Gasteiger partial charge in [-0.3, -0.25) is 9.10 Å². The molecule has 1 aromatic rings. The topological polar surface area (TPSA) is 121 Å². The van der Waals surface area contributed by atoms with Gasteiger partial charge in [-0.1, -0.05) is 0 Å². The largest absolute Gasteiger partial charge is 0.350 e. The van der Waals surface area contributed by atoms with Crippen molar-refractivity contribution in [2.24, 2.45) is 5.92 Å². The molecule has 0 aromatic heterocycles. The minimum Gasteiger partial charge on any atom is -0.350 e. The number of benzene rings is 1. The van der Waals surface area contributed by atoms with E-state index in [-0.39, 0.29) is 24.2 Å². The first-order valence-corrected chi connectivity index (χ1v) is 9.66. The maximum absolute atomic E-state index is 14.3. The van der Waals surface area contributed by atoms with E-state index in [1.807, 2.05) is 12.1 Å². The van der Waals surface area contributed by atoms with E-state index in [9.17, 15) is 23.6 Å². The van der Waals surface area contributed by atoms with Gasteiger partial charge in [0, 0.05) is 12.6 Å². The second kappa shape index (κ2) is 8.64. The second-order valence-corrected chi connectivity index (χ2v) is 7.90. The van der Waals surface area contributed by atoms with Gasteiger partial charge in [-0.25, -0.2) is 13.6 Å². The Bertz CT molecular complexity index is 915. The normalized spacial score (nSPS) is 24.5. The minimum atomic E-state index is -1.28. The van der Waals surface area contributed by atoms with E-state index in [2.05, 4.69) is 16.0 Å². The molecule has 0 radical (unpaired) electrons. The third-order valence-electron chi connectivity index (χ3n) is 4.74. The third kappa shape index (κ3) is 4.58. The lowest BCUT2D eigenvalue weighted by molar-refractivity contribution is -0.121. The monoisotopic (exact) mass is 420 g/mol. The highest BCUT2D eigenvalue weighted by Gasteiger charge is 2.35. The van der Waals surface area contributed by atoms with Crippen molar-refractivity contribution in [2.45, 2.75) is 36.5 Å². The lowest BCUT2D eigenvalue weighted by Crippen LogP contribution is -2.58. The summed E-state index contributed by atoms with van der Waals surface area (Å²) in [6, 6.07) is 4.21. The molecule has 2 heterocycles. The number of hydrogen-bond acceptors (Lipinski definition) is 6. The van der Waals surface area contributed by atoms with Gasteiger partial charge in [0.2, 0.25) is 5.91 Å². The fourth-order valence-electron chi connectivity index (χ4n) is 3.32. The van der Waals surface area contributed by atoms with Gasteiger partial charge < -0.3 is 16.0 Å². The predicted molar refractivity (Wildman–Crippen MR) is 101 cm³/mol. The number of carbonyl (C=O) groups excluding carboxylic acids is 2. The standard InChI is InChI=1S/C18H18F2N6O2S/c1-9(16-13(20)2-10(5-21)7-23-16)24-15(27)8-26-18(28)25-14-4-12(19)3-11(6-22)17(14)29-26/h3-4,9-10,13,16,23H,2,7-8H2,1H3,(H,24,27)(H,25,28)/t9-,10?,13?,16?/m0/s1. The summed E-state index contributed by atoms with van der Waals surface area (Å²) >= 11 is 0.865. The maximum Gasteiger partial charge on any atom is 0.332 e. The Morgan fingerprint density at radius 2 is 2.24 bits per heavy atom. The Balaban J connectivity index is 1.62. The van der Waals surface area contributed by atoms with Crippen LogP contribution in [0.4, 0.5) is 19.3 Å². The van der Waals surface area contributed by atoms with E-state index in [0.29, 0.717) is 11.4 Å². The van der Waals surface area contributed by atoms with Gasteiger partial charge in [0.25, 0.3) is 0 Å². The lowest BCUT2D eigenvalue weighted by atomic mass is 9.90. The highest BCUT2D eigenvalue weighted by Crippen LogP contribution is 2.38. The van der Waals surface area contributed by atoms with Crippen LogP contribution in [-0.2, 0) is 4.79 Å². The van der Waals surface area contributed by atoms with Crippen molar-refractivity contribution in [1.29, 1.82) is 10.5 Å². The first-order valence-electron chi connectivity index (χ1n) is 8.89. The number of nitrogens with one attached hydrogen (secondary N) is 3. The van der Waals surface area contributed by atoms with Gasteiger partial charge in [-0.2, -0.15) is 10.5 Å². The predicted octanol–water partition coefficient (Wildman–Crippen LogP) is 1.90. The van der Waals surface area contributed by atoms with Crippen molar-refractivity contribution in [3.63, 3.8) is 0 Å². The molecule has 0 aliphatic carbocycles. The average Bonchev–Trinajstić information content (AvgIpc) is 2.67. The van der Waals surface area contributed by atoms with Crippen LogP contribution in [0.25, 0.3) is 0 Å². The molecular weight excluding hydrogens is 402 g/mol. The third-order valence-corrected chi connectivity index (χ3v) is 5.88. The summed E-state index contributed by atoms with van der Waals surface area (Å²) in [5, 5.41) is 26.1. The van der Waals surface area contributed by atoms with Crippen molar-refractivity contribution >= 4 is 29.6 Å². The molecule has 3 unspecified atom stereocenters. The highest BCUT2D eigenvalue weighted by molar-refractivity contribution is 7.98. The number of rotatable bonds is 4. The molecule has 0 saturated carbocycles. The molecule has 0 spiro atoms. The first kappa shape index (κ1) is 20.8. The average molecular weight is 420 g/mol. The van der Waals surface area contributed by atoms with Crippen LogP contribution in [0.5, 0.6) is 0 Å². The number of piperidine rings is 1. The molecule has 2 aliphatic rings. The smallest absolute Gasteiger partial charge is 0.332 e. The summed E-state index contributed by atoms with van der Waals surface area (Å²) in [5.41, 5.74) is 0.211. The molecule has 3 amide bonds. The Kier molecular flexibility index (Phi) is 6.20. The van der Waals surface area contributed by atoms with Crippen molar-refractivity contribution in [1.82, 2.24) is 14.9 Å². The Morgan fingerprint density at radius 3 is 2.90 bits per heavy atom. The lowest BCUT2D eigenvalue weighted by Gasteiger charge is -2.35. The van der Waals surface area contributed by atoms with E-state index < -0.39 is 41.9 Å². The fourth-order valence-corrected chi connectivity index (χ4v) is 4.26. The number of carbonyl (C=O) groups is 2. The number of hydrogen-bond donors (Lipinski definition) is 3. The molecule has 0 bridgehead atoms. The van der Waals surface area contributed by atoms with E-state index in [1.54, 1.807) is 6.92 Å². The number of nitrogens with zero attached hydrogens (tertiary/aromatic N) is 3. The number of amides is 3. The summed E-state index contributed by atoms with van der Waals surface area (Å²) in [6.07, 6.45) is -1.18. The Hall–Kier alpha value is -2.89.